The van der Waals surface area contributed by atoms with E-state index in [2.05, 4.69) is 15.3 Å². The summed E-state index contributed by atoms with van der Waals surface area (Å²) in [7, 11) is 0. The van der Waals surface area contributed by atoms with Gasteiger partial charge in [0.05, 0.1) is 4.70 Å². The third-order valence-electron chi connectivity index (χ3n) is 3.10. The topological polar surface area (TPSA) is 64.1 Å². The highest BCUT2D eigenvalue weighted by Gasteiger charge is 2.11. The van der Waals surface area contributed by atoms with Gasteiger partial charge in [0.15, 0.2) is 17.4 Å². The highest BCUT2D eigenvalue weighted by atomic mass is 35.5. The Labute approximate surface area is 142 Å². The zero-order valence-corrected chi connectivity index (χ0v) is 14.2. The predicted octanol–water partition coefficient (Wildman–Crippen LogP) is 3.98. The van der Waals surface area contributed by atoms with Crippen LogP contribution in [0.4, 0.5) is 5.13 Å². The smallest absolute Gasteiger partial charge is 0.264 e. The molecule has 0 fully saturated rings. The van der Waals surface area contributed by atoms with Crippen molar-refractivity contribution in [2.24, 2.45) is 0 Å². The minimum absolute atomic E-state index is 0.0942. The van der Waals surface area contributed by atoms with Gasteiger partial charge in [-0.25, -0.2) is 4.98 Å². The SMILES string of the molecule is Cc1cc(C)c2sc(NC(=O)COc3ccc(Cl)cc3)nc2n1. The quantitative estimate of drug-likeness (QED) is 0.775. The fourth-order valence-corrected chi connectivity index (χ4v) is 3.13. The number of pyridine rings is 1. The first-order chi connectivity index (χ1) is 11.0. The number of aryl methyl sites for hydroxylation is 2. The van der Waals surface area contributed by atoms with Crippen LogP contribution in [0.1, 0.15) is 11.3 Å². The molecule has 5 nitrogen and oxygen atoms in total. The van der Waals surface area contributed by atoms with Crippen molar-refractivity contribution >= 4 is 44.3 Å². The lowest BCUT2D eigenvalue weighted by Crippen LogP contribution is -2.19. The molecule has 0 aliphatic heterocycles. The van der Waals surface area contributed by atoms with Crippen LogP contribution in [0.2, 0.25) is 5.02 Å². The molecule has 0 saturated carbocycles. The first kappa shape index (κ1) is 15.7. The lowest BCUT2D eigenvalue weighted by molar-refractivity contribution is -0.118. The summed E-state index contributed by atoms with van der Waals surface area (Å²) < 4.78 is 6.38. The summed E-state index contributed by atoms with van der Waals surface area (Å²) in [5.74, 6) is 0.315. The largest absolute Gasteiger partial charge is 0.484 e. The second kappa shape index (κ2) is 6.52. The molecule has 0 spiro atoms. The number of carbonyl (C=O) groups excluding carboxylic acids is 1. The Morgan fingerprint density at radius 3 is 2.74 bits per heavy atom. The van der Waals surface area contributed by atoms with E-state index in [1.54, 1.807) is 24.3 Å². The van der Waals surface area contributed by atoms with Crippen molar-refractivity contribution in [2.75, 3.05) is 11.9 Å². The average Bonchev–Trinajstić information content (AvgIpc) is 2.89. The summed E-state index contributed by atoms with van der Waals surface area (Å²) >= 11 is 7.20. The van der Waals surface area contributed by atoms with Gasteiger partial charge in [0, 0.05) is 10.7 Å². The fourth-order valence-electron chi connectivity index (χ4n) is 2.11. The van der Waals surface area contributed by atoms with E-state index in [0.717, 1.165) is 16.0 Å². The van der Waals surface area contributed by atoms with Crippen molar-refractivity contribution in [3.05, 3.63) is 46.6 Å². The zero-order valence-electron chi connectivity index (χ0n) is 12.6. The van der Waals surface area contributed by atoms with Crippen molar-refractivity contribution < 1.29 is 9.53 Å². The van der Waals surface area contributed by atoms with Crippen LogP contribution in [0.25, 0.3) is 10.3 Å². The molecule has 0 bridgehead atoms. The highest BCUT2D eigenvalue weighted by molar-refractivity contribution is 7.22. The normalized spacial score (nSPS) is 10.7. The number of anilines is 1. The highest BCUT2D eigenvalue weighted by Crippen LogP contribution is 2.28. The van der Waals surface area contributed by atoms with Crippen LogP contribution in [0, 0.1) is 13.8 Å². The molecule has 118 valence electrons. The van der Waals surface area contributed by atoms with Crippen molar-refractivity contribution in [2.45, 2.75) is 13.8 Å². The molecule has 2 heterocycles. The van der Waals surface area contributed by atoms with E-state index in [1.165, 1.54) is 11.3 Å². The van der Waals surface area contributed by atoms with Crippen LogP contribution in [0.5, 0.6) is 5.75 Å². The van der Waals surface area contributed by atoms with E-state index >= 15 is 0 Å². The number of halogens is 1. The van der Waals surface area contributed by atoms with Crippen LogP contribution >= 0.6 is 22.9 Å². The number of benzene rings is 1. The summed E-state index contributed by atoms with van der Waals surface area (Å²) in [6.07, 6.45) is 0. The minimum Gasteiger partial charge on any atom is -0.484 e. The van der Waals surface area contributed by atoms with Crippen LogP contribution in [-0.2, 0) is 4.79 Å². The van der Waals surface area contributed by atoms with E-state index < -0.39 is 0 Å². The number of amides is 1. The third-order valence-corrected chi connectivity index (χ3v) is 4.45. The molecule has 0 radical (unpaired) electrons. The Morgan fingerprint density at radius 1 is 1.26 bits per heavy atom. The number of ether oxygens (including phenoxy) is 1. The van der Waals surface area contributed by atoms with E-state index in [0.29, 0.717) is 21.6 Å². The molecule has 0 saturated heterocycles. The summed E-state index contributed by atoms with van der Waals surface area (Å²) in [4.78, 5) is 20.7. The summed E-state index contributed by atoms with van der Waals surface area (Å²) in [6.45, 7) is 3.83. The monoisotopic (exact) mass is 347 g/mol. The molecule has 0 atom stereocenters. The molecule has 1 amide bonds. The van der Waals surface area contributed by atoms with Crippen LogP contribution < -0.4 is 10.1 Å². The molecule has 1 aromatic carbocycles. The predicted molar refractivity (Wildman–Crippen MR) is 92.5 cm³/mol. The maximum atomic E-state index is 12.0. The summed E-state index contributed by atoms with van der Waals surface area (Å²) in [5, 5.41) is 3.88. The molecule has 2 aromatic heterocycles. The molecular formula is C16H14ClN3O2S. The van der Waals surface area contributed by atoms with Crippen LogP contribution in [0.15, 0.2) is 30.3 Å². The Balaban J connectivity index is 1.65. The molecule has 0 unspecified atom stereocenters. The number of hydrogen-bond donors (Lipinski definition) is 1. The van der Waals surface area contributed by atoms with Gasteiger partial charge in [0.2, 0.25) is 0 Å². The molecular weight excluding hydrogens is 334 g/mol. The Bertz CT molecular complexity index is 862. The summed E-state index contributed by atoms with van der Waals surface area (Å²) in [6, 6.07) is 8.83. The third kappa shape index (κ3) is 3.78. The Morgan fingerprint density at radius 2 is 2.00 bits per heavy atom. The lowest BCUT2D eigenvalue weighted by atomic mass is 10.2. The van der Waals surface area contributed by atoms with E-state index in [9.17, 15) is 4.79 Å². The van der Waals surface area contributed by atoms with Gasteiger partial charge in [-0.15, -0.1) is 0 Å². The Kier molecular flexibility index (Phi) is 4.45. The van der Waals surface area contributed by atoms with Crippen molar-refractivity contribution in [3.8, 4) is 5.75 Å². The first-order valence-corrected chi connectivity index (χ1v) is 8.14. The van der Waals surface area contributed by atoms with Gasteiger partial charge in [0.1, 0.15) is 5.75 Å². The zero-order chi connectivity index (χ0) is 16.4. The number of rotatable bonds is 4. The Hall–Kier alpha value is -2.18. The summed E-state index contributed by atoms with van der Waals surface area (Å²) in [5.41, 5.74) is 2.66. The van der Waals surface area contributed by atoms with Crippen molar-refractivity contribution in [1.82, 2.24) is 9.97 Å². The molecule has 3 aromatic rings. The standard InChI is InChI=1S/C16H14ClN3O2S/c1-9-7-10(2)18-15-14(9)23-16(20-15)19-13(21)8-22-12-5-3-11(17)4-6-12/h3-7H,8H2,1-2H3,(H,18,19,20,21). The molecule has 0 aliphatic rings. The average molecular weight is 348 g/mol. The molecule has 23 heavy (non-hydrogen) atoms. The van der Waals surface area contributed by atoms with Gasteiger partial charge in [-0.3, -0.25) is 10.1 Å². The fraction of sp³-hybridized carbons (Fsp3) is 0.188. The van der Waals surface area contributed by atoms with Gasteiger partial charge in [-0.2, -0.15) is 4.98 Å². The van der Waals surface area contributed by atoms with Crippen molar-refractivity contribution in [3.63, 3.8) is 0 Å². The van der Waals surface area contributed by atoms with Gasteiger partial charge >= 0.3 is 0 Å². The van der Waals surface area contributed by atoms with E-state index in [1.807, 2.05) is 19.9 Å². The molecule has 0 aliphatic carbocycles. The maximum absolute atomic E-state index is 12.0. The minimum atomic E-state index is -0.270. The number of nitrogens with one attached hydrogen (secondary N) is 1. The molecule has 1 N–H and O–H groups in total. The maximum Gasteiger partial charge on any atom is 0.264 e. The molecule has 7 heteroatoms. The number of hydrogen-bond acceptors (Lipinski definition) is 5. The van der Waals surface area contributed by atoms with Crippen LogP contribution in [0.3, 0.4) is 0 Å². The van der Waals surface area contributed by atoms with E-state index in [-0.39, 0.29) is 12.5 Å². The van der Waals surface area contributed by atoms with Crippen LogP contribution in [-0.4, -0.2) is 22.5 Å². The van der Waals surface area contributed by atoms with Gasteiger partial charge in [-0.05, 0) is 49.7 Å². The van der Waals surface area contributed by atoms with Crippen molar-refractivity contribution in [1.29, 1.82) is 0 Å². The number of thiazole rings is 1. The number of fused-ring (bicyclic) bond motifs is 1. The molecule has 3 rings (SSSR count). The van der Waals surface area contributed by atoms with Gasteiger partial charge in [-0.1, -0.05) is 22.9 Å². The number of nitrogens with zero attached hydrogens (tertiary/aromatic N) is 2. The number of carbonyl (C=O) groups is 1. The van der Waals surface area contributed by atoms with Gasteiger partial charge < -0.3 is 4.74 Å². The number of aromatic nitrogens is 2. The van der Waals surface area contributed by atoms with E-state index in [4.69, 9.17) is 16.3 Å². The lowest BCUT2D eigenvalue weighted by Gasteiger charge is -2.05. The second-order valence-corrected chi connectivity index (χ2v) is 6.48. The first-order valence-electron chi connectivity index (χ1n) is 6.94. The van der Waals surface area contributed by atoms with Gasteiger partial charge in [0.25, 0.3) is 5.91 Å². The second-order valence-electron chi connectivity index (χ2n) is 5.04.